The number of fused-ring (bicyclic) bond motifs is 1. The molecule has 4 rings (SSSR count). The van der Waals surface area contributed by atoms with E-state index in [1.54, 1.807) is 32.0 Å². The minimum Gasteiger partial charge on any atom is -0.491 e. The number of carbonyl (C=O) groups excluding carboxylic acids is 1. The first kappa shape index (κ1) is 23.2. The van der Waals surface area contributed by atoms with E-state index in [9.17, 15) is 18.7 Å². The van der Waals surface area contributed by atoms with E-state index in [0.717, 1.165) is 18.3 Å². The SMILES string of the molecule is CC(C)(O)COc1ccc(CNC(=O)c2cc(F)cnc2Oc2ccc3c(c2)OCO3)c(F)c1. The van der Waals surface area contributed by atoms with E-state index in [2.05, 4.69) is 10.3 Å². The summed E-state index contributed by atoms with van der Waals surface area (Å²) in [5.41, 5.74) is -1.04. The summed E-state index contributed by atoms with van der Waals surface area (Å²) in [5, 5.41) is 12.2. The number of ether oxygens (including phenoxy) is 4. The first-order valence-corrected chi connectivity index (χ1v) is 10.3. The van der Waals surface area contributed by atoms with Crippen LogP contribution in [-0.2, 0) is 6.54 Å². The van der Waals surface area contributed by atoms with E-state index in [4.69, 9.17) is 18.9 Å². The third kappa shape index (κ3) is 5.70. The van der Waals surface area contributed by atoms with Crippen LogP contribution >= 0.6 is 0 Å². The molecule has 8 nitrogen and oxygen atoms in total. The molecule has 1 aliphatic rings. The van der Waals surface area contributed by atoms with Crippen molar-refractivity contribution in [1.82, 2.24) is 10.3 Å². The molecule has 1 amide bonds. The molecule has 10 heteroatoms. The van der Waals surface area contributed by atoms with Crippen LogP contribution in [0.1, 0.15) is 29.8 Å². The summed E-state index contributed by atoms with van der Waals surface area (Å²) in [6.45, 7) is 3.04. The quantitative estimate of drug-likeness (QED) is 0.512. The lowest BCUT2D eigenvalue weighted by Crippen LogP contribution is -2.28. The van der Waals surface area contributed by atoms with Crippen molar-refractivity contribution in [2.24, 2.45) is 0 Å². The fourth-order valence-electron chi connectivity index (χ4n) is 3.01. The van der Waals surface area contributed by atoms with Crippen molar-refractivity contribution < 1.29 is 37.6 Å². The standard InChI is InChI=1S/C24H22F2N2O6/c1-24(2,30)12-31-16-4-3-14(19(26)8-16)10-27-22(29)18-7-15(25)11-28-23(18)34-17-5-6-20-21(9-17)33-13-32-20/h3-9,11,30H,10,12-13H2,1-2H3,(H,27,29). The summed E-state index contributed by atoms with van der Waals surface area (Å²) in [4.78, 5) is 16.6. The predicted molar refractivity (Wildman–Crippen MR) is 116 cm³/mol. The van der Waals surface area contributed by atoms with Gasteiger partial charge in [0.25, 0.3) is 5.91 Å². The lowest BCUT2D eigenvalue weighted by Gasteiger charge is -2.18. The summed E-state index contributed by atoms with van der Waals surface area (Å²) in [7, 11) is 0. The van der Waals surface area contributed by atoms with E-state index in [0.29, 0.717) is 17.2 Å². The zero-order valence-corrected chi connectivity index (χ0v) is 18.4. The van der Waals surface area contributed by atoms with Crippen LogP contribution in [0.5, 0.6) is 28.9 Å². The maximum Gasteiger partial charge on any atom is 0.257 e. The van der Waals surface area contributed by atoms with Gasteiger partial charge in [-0.15, -0.1) is 0 Å². The first-order valence-electron chi connectivity index (χ1n) is 10.3. The largest absolute Gasteiger partial charge is 0.491 e. The van der Waals surface area contributed by atoms with Crippen molar-refractivity contribution in [2.75, 3.05) is 13.4 Å². The molecule has 1 aromatic heterocycles. The van der Waals surface area contributed by atoms with Crippen LogP contribution in [0.4, 0.5) is 8.78 Å². The topological polar surface area (TPSA) is 99.1 Å². The Bertz CT molecular complexity index is 1210. The van der Waals surface area contributed by atoms with Gasteiger partial charge in [0.1, 0.15) is 35.3 Å². The van der Waals surface area contributed by atoms with Crippen molar-refractivity contribution in [1.29, 1.82) is 0 Å². The zero-order valence-electron chi connectivity index (χ0n) is 18.4. The number of nitrogens with zero attached hydrogens (tertiary/aromatic N) is 1. The second-order valence-corrected chi connectivity index (χ2v) is 8.16. The third-order valence-corrected chi connectivity index (χ3v) is 4.68. The van der Waals surface area contributed by atoms with Crippen LogP contribution in [0.2, 0.25) is 0 Å². The summed E-state index contributed by atoms with van der Waals surface area (Å²) in [6, 6.07) is 9.90. The molecule has 0 fully saturated rings. The Morgan fingerprint density at radius 1 is 1.12 bits per heavy atom. The molecule has 34 heavy (non-hydrogen) atoms. The number of pyridine rings is 1. The van der Waals surface area contributed by atoms with Crippen LogP contribution < -0.4 is 24.3 Å². The molecule has 178 valence electrons. The highest BCUT2D eigenvalue weighted by Gasteiger charge is 2.19. The van der Waals surface area contributed by atoms with Crippen molar-refractivity contribution >= 4 is 5.91 Å². The molecule has 0 spiro atoms. The van der Waals surface area contributed by atoms with Crippen LogP contribution in [0.15, 0.2) is 48.7 Å². The van der Waals surface area contributed by atoms with Crippen molar-refractivity contribution in [3.05, 3.63) is 71.4 Å². The molecule has 2 N–H and O–H groups in total. The Kier molecular flexibility index (Phi) is 6.51. The zero-order chi connectivity index (χ0) is 24.3. The Morgan fingerprint density at radius 2 is 1.88 bits per heavy atom. The van der Waals surface area contributed by atoms with E-state index < -0.39 is 23.1 Å². The van der Waals surface area contributed by atoms with E-state index >= 15 is 0 Å². The van der Waals surface area contributed by atoms with Gasteiger partial charge in [-0.05, 0) is 38.1 Å². The van der Waals surface area contributed by atoms with Gasteiger partial charge in [-0.1, -0.05) is 6.07 Å². The molecule has 0 bridgehead atoms. The number of benzene rings is 2. The molecular formula is C24H22F2N2O6. The number of halogens is 2. The normalized spacial score (nSPS) is 12.4. The molecule has 1 aliphatic heterocycles. The smallest absolute Gasteiger partial charge is 0.257 e. The number of aliphatic hydroxyl groups is 1. The van der Waals surface area contributed by atoms with Crippen molar-refractivity contribution in [3.8, 4) is 28.9 Å². The van der Waals surface area contributed by atoms with Gasteiger partial charge in [-0.3, -0.25) is 4.79 Å². The van der Waals surface area contributed by atoms with Gasteiger partial charge in [0.05, 0.1) is 11.8 Å². The Morgan fingerprint density at radius 3 is 2.65 bits per heavy atom. The number of amides is 1. The Labute approximate surface area is 194 Å². The van der Waals surface area contributed by atoms with Gasteiger partial charge in [0.15, 0.2) is 11.5 Å². The molecule has 0 aliphatic carbocycles. The number of hydrogen-bond acceptors (Lipinski definition) is 7. The number of aromatic nitrogens is 1. The van der Waals surface area contributed by atoms with E-state index in [1.165, 1.54) is 12.1 Å². The van der Waals surface area contributed by atoms with Gasteiger partial charge in [-0.25, -0.2) is 13.8 Å². The highest BCUT2D eigenvalue weighted by molar-refractivity contribution is 5.96. The summed E-state index contributed by atoms with van der Waals surface area (Å²) < 4.78 is 49.8. The number of carbonyl (C=O) groups is 1. The average Bonchev–Trinajstić information content (AvgIpc) is 3.25. The lowest BCUT2D eigenvalue weighted by molar-refractivity contribution is 0.0283. The first-order chi connectivity index (χ1) is 16.2. The minimum atomic E-state index is -1.07. The monoisotopic (exact) mass is 472 g/mol. The van der Waals surface area contributed by atoms with Crippen LogP contribution in [0, 0.1) is 11.6 Å². The second-order valence-electron chi connectivity index (χ2n) is 8.16. The maximum absolute atomic E-state index is 14.4. The molecular weight excluding hydrogens is 450 g/mol. The van der Waals surface area contributed by atoms with Crippen LogP contribution in [-0.4, -0.2) is 35.0 Å². The number of hydrogen-bond donors (Lipinski definition) is 2. The van der Waals surface area contributed by atoms with Gasteiger partial charge in [-0.2, -0.15) is 0 Å². The van der Waals surface area contributed by atoms with Gasteiger partial charge in [0, 0.05) is 24.2 Å². The molecule has 3 aromatic rings. The third-order valence-electron chi connectivity index (χ3n) is 4.68. The molecule has 0 saturated carbocycles. The minimum absolute atomic E-state index is 0.0127. The van der Waals surface area contributed by atoms with Gasteiger partial charge >= 0.3 is 0 Å². The molecule has 0 saturated heterocycles. The Balaban J connectivity index is 1.44. The lowest BCUT2D eigenvalue weighted by atomic mass is 10.1. The summed E-state index contributed by atoms with van der Waals surface area (Å²) in [6.07, 6.45) is 0.922. The van der Waals surface area contributed by atoms with Crippen molar-refractivity contribution in [2.45, 2.75) is 26.0 Å². The summed E-state index contributed by atoms with van der Waals surface area (Å²) >= 11 is 0. The van der Waals surface area contributed by atoms with Crippen molar-refractivity contribution in [3.63, 3.8) is 0 Å². The second kappa shape index (κ2) is 9.52. The highest BCUT2D eigenvalue weighted by Crippen LogP contribution is 2.36. The molecule has 0 atom stereocenters. The van der Waals surface area contributed by atoms with E-state index in [1.807, 2.05) is 0 Å². The Hall–Kier alpha value is -3.92. The molecule has 0 radical (unpaired) electrons. The highest BCUT2D eigenvalue weighted by atomic mass is 19.1. The fourth-order valence-corrected chi connectivity index (χ4v) is 3.01. The number of rotatable bonds is 8. The van der Waals surface area contributed by atoms with E-state index in [-0.39, 0.29) is 42.7 Å². The molecule has 0 unspecified atom stereocenters. The molecule has 2 aromatic carbocycles. The van der Waals surface area contributed by atoms with Crippen LogP contribution in [0.25, 0.3) is 0 Å². The fraction of sp³-hybridized carbons (Fsp3) is 0.250. The number of nitrogens with one attached hydrogen (secondary N) is 1. The molecule has 2 heterocycles. The van der Waals surface area contributed by atoms with Gasteiger partial charge < -0.3 is 29.4 Å². The predicted octanol–water partition coefficient (Wildman–Crippen LogP) is 3.96. The summed E-state index contributed by atoms with van der Waals surface area (Å²) in [5.74, 6) is -0.607. The maximum atomic E-state index is 14.4. The average molecular weight is 472 g/mol. The van der Waals surface area contributed by atoms with Gasteiger partial charge in [0.2, 0.25) is 12.7 Å². The van der Waals surface area contributed by atoms with Crippen LogP contribution in [0.3, 0.4) is 0 Å².